The molecule has 1 aliphatic carbocycles. The number of carbonyl (C=O) groups excluding carboxylic acids is 1. The van der Waals surface area contributed by atoms with Gasteiger partial charge >= 0.3 is 6.09 Å². The Morgan fingerprint density at radius 1 is 1.50 bits per heavy atom. The van der Waals surface area contributed by atoms with Gasteiger partial charge in [-0.15, -0.1) is 0 Å². The van der Waals surface area contributed by atoms with E-state index in [1.54, 1.807) is 0 Å². The Morgan fingerprint density at radius 3 is 2.94 bits per heavy atom. The second-order valence-corrected chi connectivity index (χ2v) is 4.24. The third kappa shape index (κ3) is 5.59. The van der Waals surface area contributed by atoms with Gasteiger partial charge in [0.15, 0.2) is 0 Å². The first-order valence-electron chi connectivity index (χ1n) is 5.98. The van der Waals surface area contributed by atoms with E-state index >= 15 is 0 Å². The van der Waals surface area contributed by atoms with Gasteiger partial charge in [-0.05, 0) is 39.5 Å². The van der Waals surface area contributed by atoms with Crippen LogP contribution in [-0.4, -0.2) is 18.7 Å². The first-order chi connectivity index (χ1) is 7.68. The first-order valence-corrected chi connectivity index (χ1v) is 5.98. The summed E-state index contributed by atoms with van der Waals surface area (Å²) in [7, 11) is 0. The summed E-state index contributed by atoms with van der Waals surface area (Å²) in [5.74, 6) is 0. The van der Waals surface area contributed by atoms with Gasteiger partial charge < -0.3 is 10.1 Å². The van der Waals surface area contributed by atoms with Crippen LogP contribution in [0.4, 0.5) is 4.79 Å². The van der Waals surface area contributed by atoms with Crippen molar-refractivity contribution in [2.45, 2.75) is 45.6 Å². The molecule has 0 aliphatic heterocycles. The maximum atomic E-state index is 11.1. The van der Waals surface area contributed by atoms with Crippen molar-refractivity contribution in [1.82, 2.24) is 5.32 Å². The maximum Gasteiger partial charge on any atom is 0.407 e. The molecule has 0 fully saturated rings. The molecule has 16 heavy (non-hydrogen) atoms. The summed E-state index contributed by atoms with van der Waals surface area (Å²) in [6.45, 7) is 4.37. The zero-order valence-electron chi connectivity index (χ0n) is 10.2. The van der Waals surface area contributed by atoms with Crippen LogP contribution in [0, 0.1) is 0 Å². The van der Waals surface area contributed by atoms with Crippen LogP contribution in [0.2, 0.25) is 0 Å². The number of carbonyl (C=O) groups is 1. The highest BCUT2D eigenvalue weighted by molar-refractivity contribution is 5.67. The van der Waals surface area contributed by atoms with Crippen LogP contribution in [0.25, 0.3) is 0 Å². The molecule has 3 heteroatoms. The predicted octanol–water partition coefficient (Wildman–Crippen LogP) is 3.18. The molecule has 3 nitrogen and oxygen atoms in total. The Bertz CT molecular complexity index is 280. The Kier molecular flexibility index (Phi) is 5.68. The topological polar surface area (TPSA) is 38.3 Å². The molecule has 90 valence electrons. The summed E-state index contributed by atoms with van der Waals surface area (Å²) < 4.78 is 4.96. The minimum atomic E-state index is -0.317. The van der Waals surface area contributed by atoms with E-state index in [2.05, 4.69) is 23.5 Å². The minimum Gasteiger partial charge on any atom is -0.447 e. The lowest BCUT2D eigenvalue weighted by Crippen LogP contribution is -2.27. The smallest absolute Gasteiger partial charge is 0.407 e. The maximum absolute atomic E-state index is 11.1. The average molecular weight is 223 g/mol. The molecule has 0 aromatic rings. The zero-order valence-corrected chi connectivity index (χ0v) is 10.2. The number of hydrogen-bond donors (Lipinski definition) is 1. The molecule has 0 bridgehead atoms. The van der Waals surface area contributed by atoms with Crippen LogP contribution in [-0.2, 0) is 4.74 Å². The Balaban J connectivity index is 2.05. The van der Waals surface area contributed by atoms with Gasteiger partial charge in [-0.1, -0.05) is 23.8 Å². The number of hydrogen-bond acceptors (Lipinski definition) is 2. The van der Waals surface area contributed by atoms with Crippen molar-refractivity contribution >= 4 is 6.09 Å². The molecule has 0 radical (unpaired) electrons. The van der Waals surface area contributed by atoms with Crippen LogP contribution in [0.1, 0.15) is 39.5 Å². The fourth-order valence-corrected chi connectivity index (χ4v) is 1.59. The molecule has 1 aliphatic rings. The molecule has 0 saturated heterocycles. The average Bonchev–Trinajstić information content (AvgIpc) is 2.25. The minimum absolute atomic E-state index is 0.0519. The van der Waals surface area contributed by atoms with Crippen molar-refractivity contribution in [3.8, 4) is 0 Å². The fourth-order valence-electron chi connectivity index (χ4n) is 1.59. The van der Waals surface area contributed by atoms with Crippen molar-refractivity contribution in [2.75, 3.05) is 6.54 Å². The van der Waals surface area contributed by atoms with Crippen LogP contribution in [0.15, 0.2) is 23.8 Å². The van der Waals surface area contributed by atoms with Gasteiger partial charge in [-0.2, -0.15) is 0 Å². The third-order valence-corrected chi connectivity index (χ3v) is 2.33. The second kappa shape index (κ2) is 7.09. The molecular weight excluding hydrogens is 202 g/mol. The SMILES string of the molecule is CC(C)OC(=O)NCCCC1=CCCC=C1. The summed E-state index contributed by atoms with van der Waals surface area (Å²) in [5, 5.41) is 2.74. The number of allylic oxidation sites excluding steroid dienone is 4. The molecule has 0 saturated carbocycles. The van der Waals surface area contributed by atoms with Crippen LogP contribution < -0.4 is 5.32 Å². The molecule has 0 aromatic carbocycles. The third-order valence-electron chi connectivity index (χ3n) is 2.33. The van der Waals surface area contributed by atoms with Crippen LogP contribution >= 0.6 is 0 Å². The van der Waals surface area contributed by atoms with Gasteiger partial charge in [0.05, 0.1) is 6.10 Å². The Labute approximate surface area is 97.6 Å². The van der Waals surface area contributed by atoms with Gasteiger partial charge in [-0.25, -0.2) is 4.79 Å². The fraction of sp³-hybridized carbons (Fsp3) is 0.615. The number of nitrogens with one attached hydrogen (secondary N) is 1. The molecule has 0 heterocycles. The quantitative estimate of drug-likeness (QED) is 0.727. The molecule has 1 rings (SSSR count). The lowest BCUT2D eigenvalue weighted by atomic mass is 10.0. The number of amides is 1. The molecule has 1 N–H and O–H groups in total. The normalized spacial score (nSPS) is 14.8. The highest BCUT2D eigenvalue weighted by atomic mass is 16.6. The van der Waals surface area contributed by atoms with Crippen molar-refractivity contribution in [2.24, 2.45) is 0 Å². The molecule has 0 spiro atoms. The van der Waals surface area contributed by atoms with E-state index in [9.17, 15) is 4.79 Å². The van der Waals surface area contributed by atoms with Crippen LogP contribution in [0.5, 0.6) is 0 Å². The lowest BCUT2D eigenvalue weighted by molar-refractivity contribution is 0.115. The van der Waals surface area contributed by atoms with Crippen molar-refractivity contribution in [3.05, 3.63) is 23.8 Å². The largest absolute Gasteiger partial charge is 0.447 e. The molecular formula is C13H21NO2. The van der Waals surface area contributed by atoms with Crippen molar-refractivity contribution in [3.63, 3.8) is 0 Å². The second-order valence-electron chi connectivity index (χ2n) is 4.24. The van der Waals surface area contributed by atoms with E-state index in [4.69, 9.17) is 4.74 Å². The number of ether oxygens (including phenoxy) is 1. The summed E-state index contributed by atoms with van der Waals surface area (Å²) in [6, 6.07) is 0. The van der Waals surface area contributed by atoms with Gasteiger partial charge in [0.2, 0.25) is 0 Å². The van der Waals surface area contributed by atoms with E-state index in [0.717, 1.165) is 25.7 Å². The van der Waals surface area contributed by atoms with Gasteiger partial charge in [-0.3, -0.25) is 0 Å². The molecule has 1 amide bonds. The lowest BCUT2D eigenvalue weighted by Gasteiger charge is -2.10. The summed E-state index contributed by atoms with van der Waals surface area (Å²) in [6.07, 6.45) is 10.6. The molecule has 0 atom stereocenters. The summed E-state index contributed by atoms with van der Waals surface area (Å²) >= 11 is 0. The van der Waals surface area contributed by atoms with E-state index in [1.165, 1.54) is 5.57 Å². The monoisotopic (exact) mass is 223 g/mol. The van der Waals surface area contributed by atoms with Crippen molar-refractivity contribution < 1.29 is 9.53 Å². The van der Waals surface area contributed by atoms with E-state index in [1.807, 2.05) is 13.8 Å². The summed E-state index contributed by atoms with van der Waals surface area (Å²) in [4.78, 5) is 11.1. The van der Waals surface area contributed by atoms with E-state index in [0.29, 0.717) is 6.54 Å². The first kappa shape index (κ1) is 12.8. The van der Waals surface area contributed by atoms with E-state index < -0.39 is 0 Å². The van der Waals surface area contributed by atoms with Crippen molar-refractivity contribution in [1.29, 1.82) is 0 Å². The Hall–Kier alpha value is -1.25. The number of alkyl carbamates (subject to hydrolysis) is 1. The molecule has 0 aromatic heterocycles. The standard InChI is InChI=1S/C13H21NO2/c1-11(2)16-13(15)14-10-6-9-12-7-4-3-5-8-12/h4,7-8,11H,3,5-6,9-10H2,1-2H3,(H,14,15). The summed E-state index contributed by atoms with van der Waals surface area (Å²) in [5.41, 5.74) is 1.38. The zero-order chi connectivity index (χ0) is 11.8. The van der Waals surface area contributed by atoms with Gasteiger partial charge in [0.1, 0.15) is 0 Å². The highest BCUT2D eigenvalue weighted by Gasteiger charge is 2.03. The highest BCUT2D eigenvalue weighted by Crippen LogP contribution is 2.14. The predicted molar refractivity (Wildman–Crippen MR) is 65.3 cm³/mol. The van der Waals surface area contributed by atoms with Gasteiger partial charge in [0.25, 0.3) is 0 Å². The Morgan fingerprint density at radius 2 is 2.31 bits per heavy atom. The van der Waals surface area contributed by atoms with Gasteiger partial charge in [0, 0.05) is 6.54 Å². The van der Waals surface area contributed by atoms with E-state index in [-0.39, 0.29) is 12.2 Å². The molecule has 0 unspecified atom stereocenters. The van der Waals surface area contributed by atoms with Crippen LogP contribution in [0.3, 0.4) is 0 Å². The number of rotatable bonds is 5.